The highest BCUT2D eigenvalue weighted by Crippen LogP contribution is 2.39. The standard InChI is InChI=1S/C34H49ClN6O2/c1-8-11-16-40(25(6)20-37-22-42)32(36-7)29-19-30(35)34(39-17-15-26(21-39)18-24(4)5)38-33(29)41(23-43)31-27(9-2)13-12-14-28(31)10-3/h8,12-14,19,22-26H,1,9-11,15-18,20-21H2,2-7H3,(H,37,42). The predicted octanol–water partition coefficient (Wildman–Crippen LogP) is 6.42. The zero-order valence-electron chi connectivity index (χ0n) is 26.8. The van der Waals surface area contributed by atoms with E-state index in [4.69, 9.17) is 21.6 Å². The van der Waals surface area contributed by atoms with Gasteiger partial charge in [-0.3, -0.25) is 19.5 Å². The third kappa shape index (κ3) is 8.17. The number of halogens is 1. The molecule has 1 saturated heterocycles. The Morgan fingerprint density at radius 1 is 1.23 bits per heavy atom. The average Bonchev–Trinajstić information content (AvgIpc) is 3.46. The average molecular weight is 609 g/mol. The molecule has 9 heteroatoms. The summed E-state index contributed by atoms with van der Waals surface area (Å²) in [6.45, 7) is 17.4. The monoisotopic (exact) mass is 608 g/mol. The number of aryl methyl sites for hydroxylation is 2. The van der Waals surface area contributed by atoms with Crippen molar-refractivity contribution >= 4 is 47.6 Å². The molecule has 0 radical (unpaired) electrons. The van der Waals surface area contributed by atoms with Gasteiger partial charge in [-0.25, -0.2) is 4.98 Å². The van der Waals surface area contributed by atoms with Crippen molar-refractivity contribution in [3.05, 3.63) is 58.6 Å². The van der Waals surface area contributed by atoms with Gasteiger partial charge < -0.3 is 15.1 Å². The molecular weight excluding hydrogens is 560 g/mol. The fourth-order valence-electron chi connectivity index (χ4n) is 6.15. The van der Waals surface area contributed by atoms with E-state index in [0.717, 1.165) is 62.0 Å². The summed E-state index contributed by atoms with van der Waals surface area (Å²) >= 11 is 7.06. The number of amidine groups is 1. The number of pyridine rings is 1. The lowest BCUT2D eigenvalue weighted by molar-refractivity contribution is -0.109. The lowest BCUT2D eigenvalue weighted by Crippen LogP contribution is -2.45. The van der Waals surface area contributed by atoms with E-state index in [1.54, 1.807) is 11.9 Å². The minimum absolute atomic E-state index is 0.0932. The van der Waals surface area contributed by atoms with E-state index in [9.17, 15) is 9.59 Å². The van der Waals surface area contributed by atoms with Crippen molar-refractivity contribution < 1.29 is 9.59 Å². The maximum Gasteiger partial charge on any atom is 0.219 e. The van der Waals surface area contributed by atoms with Crippen LogP contribution < -0.4 is 15.1 Å². The molecule has 43 heavy (non-hydrogen) atoms. The van der Waals surface area contributed by atoms with E-state index >= 15 is 0 Å². The number of carbonyl (C=O) groups is 2. The molecule has 2 heterocycles. The fraction of sp³-hybridized carbons (Fsp3) is 0.529. The Bertz CT molecular complexity index is 1260. The van der Waals surface area contributed by atoms with Gasteiger partial charge in [-0.05, 0) is 68.1 Å². The molecule has 234 valence electrons. The number of anilines is 3. The minimum Gasteiger partial charge on any atom is -0.357 e. The van der Waals surface area contributed by atoms with Crippen LogP contribution in [0.1, 0.15) is 70.6 Å². The number of para-hydroxylation sites is 1. The first kappa shape index (κ1) is 34.1. The van der Waals surface area contributed by atoms with E-state index in [1.807, 2.05) is 25.1 Å². The molecule has 1 aromatic carbocycles. The van der Waals surface area contributed by atoms with Gasteiger partial charge in [0.15, 0.2) is 5.82 Å². The highest BCUT2D eigenvalue weighted by molar-refractivity contribution is 6.33. The minimum atomic E-state index is -0.0932. The van der Waals surface area contributed by atoms with Crippen LogP contribution in [0.3, 0.4) is 0 Å². The summed E-state index contributed by atoms with van der Waals surface area (Å²) in [5.41, 5.74) is 3.65. The molecule has 1 aliphatic heterocycles. The molecule has 1 aliphatic rings. The Kier molecular flexibility index (Phi) is 13.1. The molecule has 1 aromatic heterocycles. The molecule has 0 saturated carbocycles. The Balaban J connectivity index is 2.27. The lowest BCUT2D eigenvalue weighted by Gasteiger charge is -2.34. The Morgan fingerprint density at radius 2 is 1.93 bits per heavy atom. The van der Waals surface area contributed by atoms with Gasteiger partial charge in [-0.1, -0.05) is 63.6 Å². The van der Waals surface area contributed by atoms with Gasteiger partial charge in [0.05, 0.1) is 16.3 Å². The molecule has 1 N–H and O–H groups in total. The summed E-state index contributed by atoms with van der Waals surface area (Å²) < 4.78 is 0. The topological polar surface area (TPSA) is 81.1 Å². The summed E-state index contributed by atoms with van der Waals surface area (Å²) in [7, 11) is 1.74. The second kappa shape index (κ2) is 16.5. The molecule has 0 aliphatic carbocycles. The number of rotatable bonds is 16. The van der Waals surface area contributed by atoms with Crippen LogP contribution in [-0.2, 0) is 22.4 Å². The number of hydrogen-bond donors (Lipinski definition) is 1. The molecule has 2 unspecified atom stereocenters. The molecule has 2 aromatic rings. The van der Waals surface area contributed by atoms with Crippen LogP contribution in [0.5, 0.6) is 0 Å². The van der Waals surface area contributed by atoms with Gasteiger partial charge in [0.25, 0.3) is 0 Å². The van der Waals surface area contributed by atoms with Crippen molar-refractivity contribution in [2.75, 3.05) is 43.0 Å². The van der Waals surface area contributed by atoms with Crippen LogP contribution in [-0.4, -0.2) is 67.8 Å². The van der Waals surface area contributed by atoms with Crippen molar-refractivity contribution in [1.82, 2.24) is 15.2 Å². The molecular formula is C34H49ClN6O2. The van der Waals surface area contributed by atoms with E-state index in [1.165, 1.54) is 0 Å². The number of benzene rings is 1. The van der Waals surface area contributed by atoms with Crippen molar-refractivity contribution in [3.8, 4) is 0 Å². The lowest BCUT2D eigenvalue weighted by atomic mass is 9.97. The van der Waals surface area contributed by atoms with Gasteiger partial charge >= 0.3 is 0 Å². The van der Waals surface area contributed by atoms with Crippen LogP contribution in [0.2, 0.25) is 5.02 Å². The Hall–Kier alpha value is -3.39. The summed E-state index contributed by atoms with van der Waals surface area (Å²) in [5.74, 6) is 3.03. The number of aliphatic imine (C=N–C) groups is 1. The van der Waals surface area contributed by atoms with Crippen molar-refractivity contribution in [3.63, 3.8) is 0 Å². The van der Waals surface area contributed by atoms with E-state index in [2.05, 4.69) is 61.5 Å². The SMILES string of the molecule is C=CCCN(C(=NC)c1cc(Cl)c(N2CCC(CC(C)C)C2)nc1N(C=O)c1c(CC)cccc1CC)C(C)CNC=O. The first-order valence-corrected chi connectivity index (χ1v) is 15.9. The molecule has 0 spiro atoms. The smallest absolute Gasteiger partial charge is 0.219 e. The van der Waals surface area contributed by atoms with E-state index < -0.39 is 0 Å². The number of nitrogens with zero attached hydrogens (tertiary/aromatic N) is 5. The second-order valence-corrected chi connectivity index (χ2v) is 12.1. The molecule has 8 nitrogen and oxygen atoms in total. The number of nitrogens with one attached hydrogen (secondary N) is 1. The summed E-state index contributed by atoms with van der Waals surface area (Å²) in [4.78, 5) is 40.3. The quantitative estimate of drug-likeness (QED) is 0.103. The zero-order chi connectivity index (χ0) is 31.5. The summed E-state index contributed by atoms with van der Waals surface area (Å²) in [5, 5.41) is 3.32. The number of carbonyl (C=O) groups excluding carboxylic acids is 2. The Labute approximate surface area is 263 Å². The summed E-state index contributed by atoms with van der Waals surface area (Å²) in [6.07, 6.45) is 7.90. The zero-order valence-corrected chi connectivity index (χ0v) is 27.5. The van der Waals surface area contributed by atoms with Crippen LogP contribution >= 0.6 is 11.6 Å². The first-order chi connectivity index (χ1) is 20.7. The highest BCUT2D eigenvalue weighted by Gasteiger charge is 2.31. The Morgan fingerprint density at radius 3 is 2.49 bits per heavy atom. The van der Waals surface area contributed by atoms with Crippen molar-refractivity contribution in [2.24, 2.45) is 16.8 Å². The molecule has 1 fully saturated rings. The molecule has 2 amide bonds. The fourth-order valence-corrected chi connectivity index (χ4v) is 6.43. The van der Waals surface area contributed by atoms with Crippen molar-refractivity contribution in [1.29, 1.82) is 0 Å². The van der Waals surface area contributed by atoms with Crippen LogP contribution in [0, 0.1) is 11.8 Å². The van der Waals surface area contributed by atoms with Crippen molar-refractivity contribution in [2.45, 2.75) is 72.8 Å². The third-order valence-electron chi connectivity index (χ3n) is 8.19. The van der Waals surface area contributed by atoms with Gasteiger partial charge in [0.2, 0.25) is 12.8 Å². The number of hydrogen-bond acceptors (Lipinski definition) is 5. The third-order valence-corrected chi connectivity index (χ3v) is 8.47. The van der Waals surface area contributed by atoms with Crippen LogP contribution in [0.4, 0.5) is 17.3 Å². The van der Waals surface area contributed by atoms with Crippen LogP contribution in [0.25, 0.3) is 0 Å². The van der Waals surface area contributed by atoms with Gasteiger partial charge in [0, 0.05) is 39.3 Å². The van der Waals surface area contributed by atoms with E-state index in [0.29, 0.717) is 65.8 Å². The molecule has 2 atom stereocenters. The van der Waals surface area contributed by atoms with Gasteiger partial charge in [-0.15, -0.1) is 6.58 Å². The predicted molar refractivity (Wildman–Crippen MR) is 180 cm³/mol. The molecule has 0 bridgehead atoms. The number of amides is 2. The highest BCUT2D eigenvalue weighted by atomic mass is 35.5. The second-order valence-electron chi connectivity index (χ2n) is 11.7. The van der Waals surface area contributed by atoms with Crippen LogP contribution in [0.15, 0.2) is 41.9 Å². The number of aromatic nitrogens is 1. The first-order valence-electron chi connectivity index (χ1n) is 15.6. The van der Waals surface area contributed by atoms with Gasteiger partial charge in [0.1, 0.15) is 11.7 Å². The maximum absolute atomic E-state index is 13.1. The van der Waals surface area contributed by atoms with E-state index in [-0.39, 0.29) is 6.04 Å². The largest absolute Gasteiger partial charge is 0.357 e. The normalized spacial score (nSPS) is 15.9. The molecule has 3 rings (SSSR count). The maximum atomic E-state index is 13.1. The summed E-state index contributed by atoms with van der Waals surface area (Å²) in [6, 6.07) is 8.00. The van der Waals surface area contributed by atoms with Gasteiger partial charge in [-0.2, -0.15) is 0 Å².